The number of aromatic nitrogens is 5. The van der Waals surface area contributed by atoms with E-state index in [0.717, 1.165) is 22.5 Å². The van der Waals surface area contributed by atoms with E-state index in [-0.39, 0.29) is 28.7 Å². The molecule has 0 saturated carbocycles. The number of pyridine rings is 1. The number of amides is 1. The number of carbonyl (C=O) groups is 1. The summed E-state index contributed by atoms with van der Waals surface area (Å²) in [5, 5.41) is 3.94. The Morgan fingerprint density at radius 2 is 1.80 bits per heavy atom. The summed E-state index contributed by atoms with van der Waals surface area (Å²) in [4.78, 5) is 29.6. The molecule has 12 nitrogen and oxygen atoms in total. The number of nitrogens with one attached hydrogen (secondary N) is 1. The Hall–Kier alpha value is -4.52. The first kappa shape index (κ1) is 27.1. The van der Waals surface area contributed by atoms with Crippen molar-refractivity contribution in [1.29, 1.82) is 0 Å². The molecular formula is C27H30N8O4S. The van der Waals surface area contributed by atoms with Crippen LogP contribution in [-0.2, 0) is 17.1 Å². The van der Waals surface area contributed by atoms with Gasteiger partial charge in [-0.15, -0.1) is 0 Å². The molecule has 0 spiro atoms. The van der Waals surface area contributed by atoms with Crippen molar-refractivity contribution in [3.63, 3.8) is 0 Å². The molecule has 13 heteroatoms. The molecule has 1 aliphatic rings. The molecule has 0 atom stereocenters. The number of anilines is 2. The van der Waals surface area contributed by atoms with Crippen molar-refractivity contribution in [3.05, 3.63) is 71.7 Å². The van der Waals surface area contributed by atoms with E-state index >= 15 is 0 Å². The normalized spacial score (nSPS) is 13.6. The lowest BCUT2D eigenvalue weighted by atomic mass is 10.00. The lowest BCUT2D eigenvalue weighted by molar-refractivity contribution is 0.0160. The first-order chi connectivity index (χ1) is 19.0. The maximum Gasteiger partial charge on any atom is 0.267 e. The van der Waals surface area contributed by atoms with Gasteiger partial charge in [0.05, 0.1) is 30.5 Å². The Bertz CT molecular complexity index is 1640. The molecule has 40 heavy (non-hydrogen) atoms. The summed E-state index contributed by atoms with van der Waals surface area (Å²) in [5.41, 5.74) is 3.81. The Kier molecular flexibility index (Phi) is 7.15. The van der Waals surface area contributed by atoms with Crippen LogP contribution in [0.2, 0.25) is 0 Å². The molecule has 4 aromatic rings. The summed E-state index contributed by atoms with van der Waals surface area (Å²) in [6.07, 6.45) is 3.88. The highest BCUT2D eigenvalue weighted by Gasteiger charge is 2.33. The quantitative estimate of drug-likeness (QED) is 0.344. The monoisotopic (exact) mass is 562 g/mol. The average Bonchev–Trinajstić information content (AvgIpc) is 3.32. The first-order valence-electron chi connectivity index (χ1n) is 12.6. The fourth-order valence-electron chi connectivity index (χ4n) is 4.40. The smallest absolute Gasteiger partial charge is 0.267 e. The van der Waals surface area contributed by atoms with E-state index in [4.69, 9.17) is 4.74 Å². The minimum Gasteiger partial charge on any atom is -0.470 e. The molecule has 1 fully saturated rings. The average molecular weight is 563 g/mol. The van der Waals surface area contributed by atoms with Gasteiger partial charge in [-0.3, -0.25) is 9.48 Å². The Morgan fingerprint density at radius 3 is 2.40 bits per heavy atom. The van der Waals surface area contributed by atoms with Crippen molar-refractivity contribution in [2.75, 3.05) is 36.8 Å². The predicted octanol–water partition coefficient (Wildman–Crippen LogP) is 2.66. The van der Waals surface area contributed by atoms with Gasteiger partial charge in [-0.25, -0.2) is 23.1 Å². The molecule has 0 radical (unpaired) electrons. The van der Waals surface area contributed by atoms with Crippen molar-refractivity contribution in [3.8, 4) is 17.1 Å². The largest absolute Gasteiger partial charge is 0.470 e. The molecule has 1 amide bonds. The van der Waals surface area contributed by atoms with Crippen LogP contribution in [0.5, 0.6) is 5.88 Å². The van der Waals surface area contributed by atoms with E-state index in [9.17, 15) is 13.2 Å². The van der Waals surface area contributed by atoms with E-state index < -0.39 is 10.0 Å². The molecule has 1 N–H and O–H groups in total. The van der Waals surface area contributed by atoms with Gasteiger partial charge in [0.2, 0.25) is 11.8 Å². The number of hydrogen-bond acceptors (Lipinski definition) is 9. The zero-order valence-corrected chi connectivity index (χ0v) is 23.7. The van der Waals surface area contributed by atoms with Crippen molar-refractivity contribution < 1.29 is 17.9 Å². The molecule has 4 heterocycles. The van der Waals surface area contributed by atoms with Crippen LogP contribution in [0.25, 0.3) is 11.3 Å². The molecule has 1 saturated heterocycles. The van der Waals surface area contributed by atoms with Crippen molar-refractivity contribution in [2.45, 2.75) is 24.8 Å². The highest BCUT2D eigenvalue weighted by molar-refractivity contribution is 7.92. The minimum atomic E-state index is -3.98. The third-order valence-corrected chi connectivity index (χ3v) is 7.82. The number of hydrogen-bond donors (Lipinski definition) is 1. The van der Waals surface area contributed by atoms with Gasteiger partial charge >= 0.3 is 0 Å². The van der Waals surface area contributed by atoms with Crippen LogP contribution in [0.3, 0.4) is 0 Å². The maximum atomic E-state index is 13.0. The molecule has 208 valence electrons. The third kappa shape index (κ3) is 5.59. The van der Waals surface area contributed by atoms with Crippen molar-refractivity contribution in [2.24, 2.45) is 7.05 Å². The van der Waals surface area contributed by atoms with Crippen LogP contribution >= 0.6 is 0 Å². The second-order valence-corrected chi connectivity index (χ2v) is 11.6. The topological polar surface area (TPSA) is 135 Å². The number of nitrogens with zero attached hydrogens (tertiary/aromatic N) is 7. The highest BCUT2D eigenvalue weighted by Crippen LogP contribution is 2.30. The van der Waals surface area contributed by atoms with E-state index in [2.05, 4.69) is 24.8 Å². The Labute approximate surface area is 232 Å². The van der Waals surface area contributed by atoms with Crippen LogP contribution in [0.1, 0.15) is 21.5 Å². The van der Waals surface area contributed by atoms with Gasteiger partial charge in [0, 0.05) is 45.2 Å². The zero-order valence-electron chi connectivity index (χ0n) is 22.9. The molecule has 1 aromatic carbocycles. The predicted molar refractivity (Wildman–Crippen MR) is 150 cm³/mol. The number of benzene rings is 1. The van der Waals surface area contributed by atoms with Crippen molar-refractivity contribution >= 4 is 27.7 Å². The van der Waals surface area contributed by atoms with Crippen LogP contribution in [0, 0.1) is 13.8 Å². The van der Waals surface area contributed by atoms with Gasteiger partial charge < -0.3 is 14.5 Å². The van der Waals surface area contributed by atoms with Crippen LogP contribution < -0.4 is 14.4 Å². The highest BCUT2D eigenvalue weighted by atomic mass is 32.2. The number of carbonyl (C=O) groups excluding carboxylic acids is 1. The van der Waals surface area contributed by atoms with Gasteiger partial charge in [-0.2, -0.15) is 10.1 Å². The molecule has 1 aliphatic heterocycles. The number of ether oxygens (including phenoxy) is 1. The molecule has 3 aromatic heterocycles. The summed E-state index contributed by atoms with van der Waals surface area (Å²) in [6.45, 7) is 4.63. The first-order valence-corrected chi connectivity index (χ1v) is 14.0. The van der Waals surface area contributed by atoms with E-state index in [1.54, 1.807) is 36.3 Å². The standard InChI is InChI=1S/C27H30N8O4S/c1-17-7-6-8-18(2)25(17)22-11-24(31-27(30-22)32-40(37,38)21-13-29-34(5)16-21)39-20-14-35(15-20)26(36)19-9-10-23(28-12-19)33(3)4/h6-13,16,20H,14-15H2,1-5H3,(H,30,31,32). The molecule has 5 rings (SSSR count). The SMILES string of the molecule is Cc1cccc(C)c1-c1cc(OC2CN(C(=O)c3ccc(N(C)C)nc3)C2)nc(NS(=O)(=O)c2cnn(C)c2)n1. The fraction of sp³-hybridized carbons (Fsp3) is 0.296. The van der Waals surface area contributed by atoms with Crippen molar-refractivity contribution in [1.82, 2.24) is 29.6 Å². The summed E-state index contributed by atoms with van der Waals surface area (Å²) >= 11 is 0. The molecule has 0 bridgehead atoms. The summed E-state index contributed by atoms with van der Waals surface area (Å²) < 4.78 is 35.9. The second kappa shape index (κ2) is 10.6. The molecule has 0 unspecified atom stereocenters. The van der Waals surface area contributed by atoms with Gasteiger partial charge in [0.1, 0.15) is 16.8 Å². The van der Waals surface area contributed by atoms with Gasteiger partial charge in [0.25, 0.3) is 15.9 Å². The summed E-state index contributed by atoms with van der Waals surface area (Å²) in [6, 6.07) is 11.1. The number of sulfonamides is 1. The zero-order chi connectivity index (χ0) is 28.6. The van der Waals surface area contributed by atoms with Gasteiger partial charge in [-0.05, 0) is 37.1 Å². The van der Waals surface area contributed by atoms with Crippen LogP contribution in [0.15, 0.2) is 59.9 Å². The van der Waals surface area contributed by atoms with E-state index in [1.165, 1.54) is 17.1 Å². The Morgan fingerprint density at radius 1 is 1.07 bits per heavy atom. The molecule has 0 aliphatic carbocycles. The molecular weight excluding hydrogens is 532 g/mol. The lowest BCUT2D eigenvalue weighted by Crippen LogP contribution is -2.56. The van der Waals surface area contributed by atoms with Crippen LogP contribution in [0.4, 0.5) is 11.8 Å². The van der Waals surface area contributed by atoms with Gasteiger partial charge in [-0.1, -0.05) is 18.2 Å². The maximum absolute atomic E-state index is 13.0. The number of likely N-dealkylation sites (tertiary alicyclic amines) is 1. The second-order valence-electron chi connectivity index (χ2n) is 9.89. The third-order valence-electron chi connectivity index (χ3n) is 6.53. The van der Waals surface area contributed by atoms with Gasteiger partial charge in [0.15, 0.2) is 0 Å². The van der Waals surface area contributed by atoms with E-state index in [0.29, 0.717) is 24.3 Å². The summed E-state index contributed by atoms with van der Waals surface area (Å²) in [7, 11) is 1.42. The summed E-state index contributed by atoms with van der Waals surface area (Å²) in [5.74, 6) is 0.699. The lowest BCUT2D eigenvalue weighted by Gasteiger charge is -2.38. The Balaban J connectivity index is 1.37. The fourth-order valence-corrected chi connectivity index (χ4v) is 5.33. The van der Waals surface area contributed by atoms with Crippen LogP contribution in [-0.4, -0.2) is 77.2 Å². The number of rotatable bonds is 8. The number of aryl methyl sites for hydroxylation is 3. The van der Waals surface area contributed by atoms with E-state index in [1.807, 2.05) is 51.0 Å². The minimum absolute atomic E-state index is 0.0141.